The normalized spacial score (nSPS) is 13.9. The van der Waals surface area contributed by atoms with Gasteiger partial charge >= 0.3 is 0 Å². The third-order valence-corrected chi connectivity index (χ3v) is 2.30. The molecule has 3 nitrogen and oxygen atoms in total. The zero-order valence-electron chi connectivity index (χ0n) is 10.3. The smallest absolute Gasteiger partial charge is 0.0109 e. The van der Waals surface area contributed by atoms with Gasteiger partial charge in [-0.3, -0.25) is 0 Å². The fraction of sp³-hybridized carbons (Fsp3) is 1.00. The highest BCUT2D eigenvalue weighted by Gasteiger charge is 2.05. The van der Waals surface area contributed by atoms with Crippen molar-refractivity contribution < 1.29 is 0 Å². The molecule has 0 bridgehead atoms. The van der Waals surface area contributed by atoms with E-state index in [2.05, 4.69) is 37.7 Å². The largest absolute Gasteiger partial charge is 0.328 e. The van der Waals surface area contributed by atoms with Crippen molar-refractivity contribution >= 4 is 0 Å². The third kappa shape index (κ3) is 8.48. The Balaban J connectivity index is 3.65. The lowest BCUT2D eigenvalue weighted by molar-refractivity contribution is 0.235. The molecule has 0 aromatic carbocycles. The molecule has 0 aromatic heterocycles. The lowest BCUT2D eigenvalue weighted by atomic mass is 10.2. The fourth-order valence-corrected chi connectivity index (χ4v) is 1.38. The summed E-state index contributed by atoms with van der Waals surface area (Å²) in [6, 6.07) is 0.328. The number of hydrogen-bond donors (Lipinski definition) is 1. The Hall–Kier alpha value is -0.120. The molecule has 1 atom stereocenters. The SMILES string of the molecule is CCCN(CCC(C)N)CCN(C)C. The monoisotopic (exact) mass is 201 g/mol. The fourth-order valence-electron chi connectivity index (χ4n) is 1.38. The Kier molecular flexibility index (Phi) is 8.14. The Bertz CT molecular complexity index is 112. The average Bonchev–Trinajstić information content (AvgIpc) is 2.09. The molecule has 0 heterocycles. The Morgan fingerprint density at radius 2 is 1.71 bits per heavy atom. The second kappa shape index (κ2) is 8.21. The molecule has 0 fully saturated rings. The van der Waals surface area contributed by atoms with Gasteiger partial charge in [0.1, 0.15) is 0 Å². The van der Waals surface area contributed by atoms with E-state index in [9.17, 15) is 0 Å². The van der Waals surface area contributed by atoms with Crippen LogP contribution in [0.1, 0.15) is 26.7 Å². The van der Waals surface area contributed by atoms with E-state index < -0.39 is 0 Å². The highest BCUT2D eigenvalue weighted by Crippen LogP contribution is 1.96. The molecule has 0 aliphatic rings. The van der Waals surface area contributed by atoms with Gasteiger partial charge in [0.2, 0.25) is 0 Å². The minimum absolute atomic E-state index is 0.328. The van der Waals surface area contributed by atoms with Crippen LogP contribution in [0.4, 0.5) is 0 Å². The molecule has 0 spiro atoms. The van der Waals surface area contributed by atoms with E-state index in [1.54, 1.807) is 0 Å². The Labute approximate surface area is 89.2 Å². The quantitative estimate of drug-likeness (QED) is 0.636. The third-order valence-electron chi connectivity index (χ3n) is 2.30. The molecule has 2 N–H and O–H groups in total. The van der Waals surface area contributed by atoms with Crippen LogP contribution in [0.5, 0.6) is 0 Å². The number of hydrogen-bond acceptors (Lipinski definition) is 3. The van der Waals surface area contributed by atoms with E-state index in [-0.39, 0.29) is 0 Å². The van der Waals surface area contributed by atoms with Crippen LogP contribution in [-0.2, 0) is 0 Å². The van der Waals surface area contributed by atoms with Gasteiger partial charge in [0.25, 0.3) is 0 Å². The molecule has 0 aliphatic carbocycles. The van der Waals surface area contributed by atoms with E-state index in [0.717, 1.165) is 26.1 Å². The first-order chi connectivity index (χ1) is 6.56. The van der Waals surface area contributed by atoms with Gasteiger partial charge in [-0.25, -0.2) is 0 Å². The number of likely N-dealkylation sites (N-methyl/N-ethyl adjacent to an activating group) is 1. The zero-order chi connectivity index (χ0) is 11.0. The van der Waals surface area contributed by atoms with Crippen molar-refractivity contribution in [2.24, 2.45) is 5.73 Å². The summed E-state index contributed by atoms with van der Waals surface area (Å²) in [5, 5.41) is 0. The van der Waals surface area contributed by atoms with Crippen molar-refractivity contribution in [2.75, 3.05) is 40.3 Å². The summed E-state index contributed by atoms with van der Waals surface area (Å²) >= 11 is 0. The van der Waals surface area contributed by atoms with Crippen molar-refractivity contribution in [1.29, 1.82) is 0 Å². The molecule has 14 heavy (non-hydrogen) atoms. The molecule has 0 saturated heterocycles. The summed E-state index contributed by atoms with van der Waals surface area (Å²) in [6.45, 7) is 8.94. The van der Waals surface area contributed by atoms with E-state index in [1.807, 2.05) is 0 Å². The van der Waals surface area contributed by atoms with Gasteiger partial charge in [-0.2, -0.15) is 0 Å². The van der Waals surface area contributed by atoms with Crippen molar-refractivity contribution in [3.05, 3.63) is 0 Å². The predicted octanol–water partition coefficient (Wildman–Crippen LogP) is 0.997. The molecular weight excluding hydrogens is 174 g/mol. The molecule has 0 saturated carbocycles. The van der Waals surface area contributed by atoms with Gasteiger partial charge in [-0.15, -0.1) is 0 Å². The van der Waals surface area contributed by atoms with Crippen LogP contribution in [0.2, 0.25) is 0 Å². The van der Waals surface area contributed by atoms with Gasteiger partial charge in [0.15, 0.2) is 0 Å². The standard InChI is InChI=1S/C11H27N3/c1-5-7-14(8-6-11(2)12)10-9-13(3)4/h11H,5-10,12H2,1-4H3. The lowest BCUT2D eigenvalue weighted by Gasteiger charge is -2.24. The highest BCUT2D eigenvalue weighted by atomic mass is 15.2. The molecule has 86 valence electrons. The number of rotatable bonds is 8. The summed E-state index contributed by atoms with van der Waals surface area (Å²) in [4.78, 5) is 4.73. The van der Waals surface area contributed by atoms with Gasteiger partial charge in [0, 0.05) is 19.1 Å². The predicted molar refractivity (Wildman–Crippen MR) is 63.6 cm³/mol. The van der Waals surface area contributed by atoms with E-state index in [1.165, 1.54) is 13.0 Å². The van der Waals surface area contributed by atoms with Crippen LogP contribution in [0.25, 0.3) is 0 Å². The van der Waals surface area contributed by atoms with Gasteiger partial charge in [-0.05, 0) is 47.0 Å². The van der Waals surface area contributed by atoms with Crippen LogP contribution >= 0.6 is 0 Å². The van der Waals surface area contributed by atoms with Crippen LogP contribution in [0, 0.1) is 0 Å². The van der Waals surface area contributed by atoms with Crippen molar-refractivity contribution in [3.8, 4) is 0 Å². The molecular formula is C11H27N3. The van der Waals surface area contributed by atoms with Crippen molar-refractivity contribution in [3.63, 3.8) is 0 Å². The first-order valence-electron chi connectivity index (χ1n) is 5.69. The Morgan fingerprint density at radius 1 is 1.07 bits per heavy atom. The van der Waals surface area contributed by atoms with E-state index in [0.29, 0.717) is 6.04 Å². The molecule has 0 aromatic rings. The second-order valence-electron chi connectivity index (χ2n) is 4.41. The summed E-state index contributed by atoms with van der Waals surface area (Å²) in [5.74, 6) is 0. The first kappa shape index (κ1) is 13.9. The number of nitrogens with two attached hydrogens (primary N) is 1. The Morgan fingerprint density at radius 3 is 2.14 bits per heavy atom. The van der Waals surface area contributed by atoms with Crippen molar-refractivity contribution in [1.82, 2.24) is 9.80 Å². The number of nitrogens with zero attached hydrogens (tertiary/aromatic N) is 2. The maximum absolute atomic E-state index is 5.76. The first-order valence-corrected chi connectivity index (χ1v) is 5.69. The minimum atomic E-state index is 0.328. The lowest BCUT2D eigenvalue weighted by Crippen LogP contribution is -2.35. The summed E-state index contributed by atoms with van der Waals surface area (Å²) in [6.07, 6.45) is 2.33. The van der Waals surface area contributed by atoms with Crippen LogP contribution < -0.4 is 5.73 Å². The molecule has 0 aliphatic heterocycles. The minimum Gasteiger partial charge on any atom is -0.328 e. The average molecular weight is 201 g/mol. The molecule has 1 unspecified atom stereocenters. The summed E-state index contributed by atoms with van der Waals surface area (Å²) in [5.41, 5.74) is 5.76. The van der Waals surface area contributed by atoms with Crippen molar-refractivity contribution in [2.45, 2.75) is 32.7 Å². The molecule has 0 rings (SSSR count). The van der Waals surface area contributed by atoms with Gasteiger partial charge in [0.05, 0.1) is 0 Å². The van der Waals surface area contributed by atoms with E-state index >= 15 is 0 Å². The molecule has 0 radical (unpaired) electrons. The van der Waals surface area contributed by atoms with Crippen LogP contribution in [0.3, 0.4) is 0 Å². The second-order valence-corrected chi connectivity index (χ2v) is 4.41. The summed E-state index contributed by atoms with van der Waals surface area (Å²) in [7, 11) is 4.24. The van der Waals surface area contributed by atoms with Crippen LogP contribution in [-0.4, -0.2) is 56.1 Å². The summed E-state index contributed by atoms with van der Waals surface area (Å²) < 4.78 is 0. The van der Waals surface area contributed by atoms with Gasteiger partial charge < -0.3 is 15.5 Å². The highest BCUT2D eigenvalue weighted by molar-refractivity contribution is 4.62. The van der Waals surface area contributed by atoms with E-state index in [4.69, 9.17) is 5.73 Å². The maximum Gasteiger partial charge on any atom is 0.0109 e. The molecule has 3 heteroatoms. The topological polar surface area (TPSA) is 32.5 Å². The molecule has 0 amide bonds. The maximum atomic E-state index is 5.76. The van der Waals surface area contributed by atoms with Crippen LogP contribution in [0.15, 0.2) is 0 Å². The van der Waals surface area contributed by atoms with Gasteiger partial charge in [-0.1, -0.05) is 6.92 Å². The zero-order valence-corrected chi connectivity index (χ0v) is 10.3.